The largest absolute Gasteiger partial charge is 0.380 e. The van der Waals surface area contributed by atoms with Crippen molar-refractivity contribution >= 4 is 27.2 Å². The first kappa shape index (κ1) is 14.9. The minimum atomic E-state index is 0.814. The summed E-state index contributed by atoms with van der Waals surface area (Å²) in [5.41, 5.74) is 5.97. The van der Waals surface area contributed by atoms with Gasteiger partial charge in [-0.3, -0.25) is 0 Å². The van der Waals surface area contributed by atoms with E-state index in [1.165, 1.54) is 15.8 Å². The molecule has 3 heteroatoms. The smallest absolute Gasteiger partial charge is 0.126 e. The predicted molar refractivity (Wildman–Crippen MR) is 104 cm³/mol. The van der Waals surface area contributed by atoms with Gasteiger partial charge in [0.25, 0.3) is 0 Å². The fourth-order valence-corrected chi connectivity index (χ4v) is 3.82. The molecule has 1 aromatic heterocycles. The molecule has 4 aromatic rings. The summed E-state index contributed by atoms with van der Waals surface area (Å²) in [5.74, 6) is 0. The lowest BCUT2D eigenvalue weighted by molar-refractivity contribution is 1.12. The highest BCUT2D eigenvalue weighted by Gasteiger charge is 2.10. The zero-order valence-corrected chi connectivity index (χ0v) is 14.3. The lowest BCUT2D eigenvalue weighted by Gasteiger charge is -2.12. The van der Waals surface area contributed by atoms with Crippen LogP contribution < -0.4 is 5.32 Å². The molecule has 0 aliphatic rings. The molecule has 0 amide bonds. The number of thiazole rings is 1. The number of hydrogen-bond acceptors (Lipinski definition) is 3. The fraction of sp³-hybridized carbons (Fsp3) is 0.0952. The van der Waals surface area contributed by atoms with Crippen molar-refractivity contribution in [2.75, 3.05) is 5.32 Å². The molecule has 0 saturated heterocycles. The molecule has 1 heterocycles. The zero-order chi connectivity index (χ0) is 16.4. The van der Waals surface area contributed by atoms with Gasteiger partial charge in [0, 0.05) is 17.8 Å². The van der Waals surface area contributed by atoms with Gasteiger partial charge in [-0.05, 0) is 42.3 Å². The molecule has 0 bridgehead atoms. The second-order valence-corrected chi connectivity index (χ2v) is 6.84. The quantitative estimate of drug-likeness (QED) is 0.505. The van der Waals surface area contributed by atoms with Crippen LogP contribution in [0.2, 0.25) is 0 Å². The van der Waals surface area contributed by atoms with Gasteiger partial charge in [-0.2, -0.15) is 0 Å². The maximum Gasteiger partial charge on any atom is 0.126 e. The monoisotopic (exact) mass is 330 g/mol. The Labute approximate surface area is 145 Å². The third-order valence-corrected chi connectivity index (χ3v) is 5.25. The van der Waals surface area contributed by atoms with Gasteiger partial charge in [0.1, 0.15) is 5.01 Å². The van der Waals surface area contributed by atoms with E-state index in [1.54, 1.807) is 11.3 Å². The van der Waals surface area contributed by atoms with E-state index in [1.807, 2.05) is 6.07 Å². The van der Waals surface area contributed by atoms with Crippen molar-refractivity contribution in [3.05, 3.63) is 83.9 Å². The normalized spacial score (nSPS) is 10.9. The van der Waals surface area contributed by atoms with Crippen LogP contribution in [0.25, 0.3) is 20.8 Å². The van der Waals surface area contributed by atoms with E-state index < -0.39 is 0 Å². The molecular weight excluding hydrogens is 312 g/mol. The number of aromatic nitrogens is 1. The molecule has 0 aliphatic carbocycles. The number of nitrogens with one attached hydrogen (secondary N) is 1. The molecule has 118 valence electrons. The van der Waals surface area contributed by atoms with Crippen LogP contribution in [-0.2, 0) is 6.54 Å². The highest BCUT2D eigenvalue weighted by atomic mass is 32.1. The molecule has 0 fully saturated rings. The van der Waals surface area contributed by atoms with Crippen LogP contribution in [0, 0.1) is 6.92 Å². The third-order valence-electron chi connectivity index (χ3n) is 4.18. The number of para-hydroxylation sites is 2. The van der Waals surface area contributed by atoms with Crippen LogP contribution in [-0.4, -0.2) is 4.98 Å². The van der Waals surface area contributed by atoms with E-state index in [-0.39, 0.29) is 0 Å². The highest BCUT2D eigenvalue weighted by Crippen LogP contribution is 2.34. The van der Waals surface area contributed by atoms with E-state index in [2.05, 4.69) is 79.0 Å². The molecule has 0 radical (unpaired) electrons. The fourth-order valence-electron chi connectivity index (χ4n) is 2.81. The van der Waals surface area contributed by atoms with Crippen LogP contribution >= 0.6 is 11.3 Å². The maximum absolute atomic E-state index is 4.79. The standard InChI is InChI=1S/C21H18N2S/c1-15-8-2-3-9-16(15)14-22-18-11-5-4-10-17(18)21-23-19-12-6-7-13-20(19)24-21/h2-13,22H,14H2,1H3. The Morgan fingerprint density at radius 3 is 2.50 bits per heavy atom. The summed E-state index contributed by atoms with van der Waals surface area (Å²) in [6.45, 7) is 2.96. The molecule has 1 N–H and O–H groups in total. The van der Waals surface area contributed by atoms with Crippen molar-refractivity contribution in [2.45, 2.75) is 13.5 Å². The number of nitrogens with zero attached hydrogens (tertiary/aromatic N) is 1. The topological polar surface area (TPSA) is 24.9 Å². The Bertz CT molecular complexity index is 955. The minimum Gasteiger partial charge on any atom is -0.380 e. The second-order valence-electron chi connectivity index (χ2n) is 5.81. The number of fused-ring (bicyclic) bond motifs is 1. The maximum atomic E-state index is 4.79. The Hall–Kier alpha value is -2.65. The number of hydrogen-bond donors (Lipinski definition) is 1. The summed E-state index contributed by atoms with van der Waals surface area (Å²) < 4.78 is 1.22. The van der Waals surface area contributed by atoms with E-state index in [4.69, 9.17) is 4.98 Å². The Morgan fingerprint density at radius 2 is 1.62 bits per heavy atom. The molecular formula is C21H18N2S. The van der Waals surface area contributed by atoms with Crippen molar-refractivity contribution in [1.82, 2.24) is 4.98 Å². The van der Waals surface area contributed by atoms with Gasteiger partial charge in [-0.1, -0.05) is 48.5 Å². The summed E-state index contributed by atoms with van der Waals surface area (Å²) >= 11 is 1.74. The van der Waals surface area contributed by atoms with Crippen LogP contribution in [0.15, 0.2) is 72.8 Å². The molecule has 24 heavy (non-hydrogen) atoms. The SMILES string of the molecule is Cc1ccccc1CNc1ccccc1-c1nc2ccccc2s1. The molecule has 0 spiro atoms. The molecule has 0 unspecified atom stereocenters. The number of rotatable bonds is 4. The average molecular weight is 330 g/mol. The van der Waals surface area contributed by atoms with Crippen LogP contribution in [0.4, 0.5) is 5.69 Å². The third kappa shape index (κ3) is 2.91. The molecule has 2 nitrogen and oxygen atoms in total. The van der Waals surface area contributed by atoms with Gasteiger partial charge >= 0.3 is 0 Å². The summed E-state index contributed by atoms with van der Waals surface area (Å²) in [5, 5.41) is 4.64. The lowest BCUT2D eigenvalue weighted by atomic mass is 10.1. The van der Waals surface area contributed by atoms with E-state index in [9.17, 15) is 0 Å². The predicted octanol–water partition coefficient (Wildman–Crippen LogP) is 5.88. The van der Waals surface area contributed by atoms with Gasteiger partial charge in [0.2, 0.25) is 0 Å². The number of benzene rings is 3. The Balaban J connectivity index is 1.66. The summed E-state index contributed by atoms with van der Waals surface area (Å²) in [6.07, 6.45) is 0. The Morgan fingerprint density at radius 1 is 0.875 bits per heavy atom. The first-order valence-corrected chi connectivity index (χ1v) is 8.86. The minimum absolute atomic E-state index is 0.814. The van der Waals surface area contributed by atoms with Gasteiger partial charge in [0.15, 0.2) is 0 Å². The van der Waals surface area contributed by atoms with E-state index in [0.717, 1.165) is 28.3 Å². The van der Waals surface area contributed by atoms with Crippen LogP contribution in [0.3, 0.4) is 0 Å². The van der Waals surface area contributed by atoms with Gasteiger partial charge < -0.3 is 5.32 Å². The highest BCUT2D eigenvalue weighted by molar-refractivity contribution is 7.21. The van der Waals surface area contributed by atoms with E-state index >= 15 is 0 Å². The molecule has 0 atom stereocenters. The van der Waals surface area contributed by atoms with Crippen molar-refractivity contribution in [2.24, 2.45) is 0 Å². The Kier molecular flexibility index (Phi) is 4.01. The zero-order valence-electron chi connectivity index (χ0n) is 13.5. The molecule has 0 saturated carbocycles. The second kappa shape index (κ2) is 6.46. The summed E-state index contributed by atoms with van der Waals surface area (Å²) in [7, 11) is 0. The van der Waals surface area contributed by atoms with Gasteiger partial charge in [-0.15, -0.1) is 11.3 Å². The summed E-state index contributed by atoms with van der Waals surface area (Å²) in [4.78, 5) is 4.79. The molecule has 4 rings (SSSR count). The van der Waals surface area contributed by atoms with Gasteiger partial charge in [-0.25, -0.2) is 4.98 Å². The van der Waals surface area contributed by atoms with Crippen molar-refractivity contribution in [1.29, 1.82) is 0 Å². The lowest BCUT2D eigenvalue weighted by Crippen LogP contribution is -2.02. The van der Waals surface area contributed by atoms with E-state index in [0.29, 0.717) is 0 Å². The van der Waals surface area contributed by atoms with Crippen molar-refractivity contribution in [3.63, 3.8) is 0 Å². The van der Waals surface area contributed by atoms with Crippen molar-refractivity contribution in [3.8, 4) is 10.6 Å². The van der Waals surface area contributed by atoms with Gasteiger partial charge in [0.05, 0.1) is 10.2 Å². The number of aryl methyl sites for hydroxylation is 1. The summed E-state index contributed by atoms with van der Waals surface area (Å²) in [6, 6.07) is 25.2. The van der Waals surface area contributed by atoms with Crippen LogP contribution in [0.1, 0.15) is 11.1 Å². The average Bonchev–Trinajstić information content (AvgIpc) is 3.05. The van der Waals surface area contributed by atoms with Crippen molar-refractivity contribution < 1.29 is 0 Å². The first-order valence-electron chi connectivity index (χ1n) is 8.04. The first-order chi connectivity index (χ1) is 11.8. The van der Waals surface area contributed by atoms with Crippen LogP contribution in [0.5, 0.6) is 0 Å². The molecule has 3 aromatic carbocycles. The molecule has 0 aliphatic heterocycles. The number of anilines is 1.